The second-order valence-electron chi connectivity index (χ2n) is 4.26. The van der Waals surface area contributed by atoms with Crippen LogP contribution in [0.2, 0.25) is 0 Å². The Bertz CT molecular complexity index is 749. The van der Waals surface area contributed by atoms with Gasteiger partial charge in [0, 0.05) is 29.6 Å². The second kappa shape index (κ2) is 5.61. The maximum atomic E-state index is 14.0. The van der Waals surface area contributed by atoms with E-state index < -0.39 is 11.6 Å². The molecule has 21 heavy (non-hydrogen) atoms. The Morgan fingerprint density at radius 2 is 1.90 bits per heavy atom. The third-order valence-corrected chi connectivity index (χ3v) is 2.81. The smallest absolute Gasteiger partial charge is 0.133 e. The van der Waals surface area contributed by atoms with Crippen LogP contribution in [-0.2, 0) is 6.54 Å². The van der Waals surface area contributed by atoms with Crippen molar-refractivity contribution >= 4 is 11.8 Å². The monoisotopic (exact) mass is 288 g/mol. The maximum Gasteiger partial charge on any atom is 0.133 e. The zero-order chi connectivity index (χ0) is 14.7. The van der Waals surface area contributed by atoms with Gasteiger partial charge in [0.15, 0.2) is 0 Å². The van der Waals surface area contributed by atoms with Gasteiger partial charge >= 0.3 is 0 Å². The SMILES string of the molecule is Fc1ccc(C(=Cn2ccnn2)Cn2ccnn2)c(F)c1. The zero-order valence-electron chi connectivity index (χ0n) is 10.8. The number of hydrogen-bond donors (Lipinski definition) is 0. The molecule has 8 heteroatoms. The molecule has 6 nitrogen and oxygen atoms in total. The third-order valence-electron chi connectivity index (χ3n) is 2.81. The lowest BCUT2D eigenvalue weighted by molar-refractivity contribution is 0.578. The van der Waals surface area contributed by atoms with Gasteiger partial charge in [-0.05, 0) is 12.1 Å². The van der Waals surface area contributed by atoms with E-state index in [-0.39, 0.29) is 12.1 Å². The zero-order valence-corrected chi connectivity index (χ0v) is 10.8. The van der Waals surface area contributed by atoms with Crippen molar-refractivity contribution in [3.63, 3.8) is 0 Å². The van der Waals surface area contributed by atoms with Crippen LogP contribution in [0.4, 0.5) is 8.78 Å². The molecule has 0 saturated carbocycles. The molecule has 106 valence electrons. The standard InChI is InChI=1S/C13H10F2N6/c14-11-1-2-12(13(15)7-11)10(8-20-5-3-16-18-20)9-21-6-4-17-19-21/h1-8H,9H2. The van der Waals surface area contributed by atoms with Crippen molar-refractivity contribution in [2.45, 2.75) is 6.54 Å². The number of benzene rings is 1. The molecule has 0 N–H and O–H groups in total. The molecule has 0 aliphatic heterocycles. The summed E-state index contributed by atoms with van der Waals surface area (Å²) >= 11 is 0. The number of allylic oxidation sites excluding steroid dienone is 1. The maximum absolute atomic E-state index is 14.0. The van der Waals surface area contributed by atoms with Gasteiger partial charge in [-0.2, -0.15) is 0 Å². The van der Waals surface area contributed by atoms with Crippen molar-refractivity contribution in [2.75, 3.05) is 0 Å². The summed E-state index contributed by atoms with van der Waals surface area (Å²) in [4.78, 5) is 0. The van der Waals surface area contributed by atoms with E-state index in [1.807, 2.05) is 0 Å². The van der Waals surface area contributed by atoms with E-state index in [0.717, 1.165) is 6.07 Å². The molecule has 0 atom stereocenters. The predicted molar refractivity (Wildman–Crippen MR) is 70.6 cm³/mol. The Morgan fingerprint density at radius 3 is 2.57 bits per heavy atom. The van der Waals surface area contributed by atoms with E-state index in [2.05, 4.69) is 20.6 Å². The van der Waals surface area contributed by atoms with Crippen LogP contribution < -0.4 is 0 Å². The Morgan fingerprint density at radius 1 is 1.10 bits per heavy atom. The Kier molecular flexibility index (Phi) is 3.50. The first-order valence-corrected chi connectivity index (χ1v) is 6.08. The first kappa shape index (κ1) is 13.1. The fourth-order valence-corrected chi connectivity index (χ4v) is 1.88. The minimum absolute atomic E-state index is 0.266. The van der Waals surface area contributed by atoms with Gasteiger partial charge < -0.3 is 0 Å². The summed E-state index contributed by atoms with van der Waals surface area (Å²) in [5.74, 6) is -1.28. The van der Waals surface area contributed by atoms with Crippen LogP contribution >= 0.6 is 0 Å². The summed E-state index contributed by atoms with van der Waals surface area (Å²) in [5.41, 5.74) is 0.825. The number of hydrogen-bond acceptors (Lipinski definition) is 4. The highest BCUT2D eigenvalue weighted by atomic mass is 19.1. The summed E-state index contributed by atoms with van der Waals surface area (Å²) in [5, 5.41) is 15.0. The molecule has 0 radical (unpaired) electrons. The lowest BCUT2D eigenvalue weighted by Gasteiger charge is -2.09. The van der Waals surface area contributed by atoms with Gasteiger partial charge in [0.2, 0.25) is 0 Å². The molecule has 2 aromatic heterocycles. The number of aromatic nitrogens is 6. The highest BCUT2D eigenvalue weighted by Gasteiger charge is 2.11. The second-order valence-corrected chi connectivity index (χ2v) is 4.26. The molecule has 0 fully saturated rings. The predicted octanol–water partition coefficient (Wildman–Crippen LogP) is 1.85. The van der Waals surface area contributed by atoms with Crippen molar-refractivity contribution in [3.8, 4) is 0 Å². The van der Waals surface area contributed by atoms with Gasteiger partial charge in [-0.1, -0.05) is 10.4 Å². The molecule has 3 rings (SSSR count). The molecule has 0 saturated heterocycles. The number of halogens is 2. The van der Waals surface area contributed by atoms with Crippen LogP contribution in [0.3, 0.4) is 0 Å². The van der Waals surface area contributed by atoms with Crippen molar-refractivity contribution in [2.24, 2.45) is 0 Å². The first-order valence-electron chi connectivity index (χ1n) is 6.08. The molecule has 0 aliphatic rings. The molecule has 0 aliphatic carbocycles. The largest absolute Gasteiger partial charge is 0.248 e. The summed E-state index contributed by atoms with van der Waals surface area (Å²) in [6.45, 7) is 0.266. The van der Waals surface area contributed by atoms with Gasteiger partial charge in [0.25, 0.3) is 0 Å². The lowest BCUT2D eigenvalue weighted by atomic mass is 10.1. The van der Waals surface area contributed by atoms with Crippen molar-refractivity contribution in [1.82, 2.24) is 30.0 Å². The van der Waals surface area contributed by atoms with Gasteiger partial charge in [-0.15, -0.1) is 10.2 Å². The Labute approximate surface area is 118 Å². The quantitative estimate of drug-likeness (QED) is 0.735. The van der Waals surface area contributed by atoms with E-state index in [1.54, 1.807) is 18.6 Å². The number of rotatable bonds is 4. The van der Waals surface area contributed by atoms with E-state index >= 15 is 0 Å². The van der Waals surface area contributed by atoms with Crippen molar-refractivity contribution < 1.29 is 8.78 Å². The normalized spacial score (nSPS) is 11.8. The molecule has 3 aromatic rings. The van der Waals surface area contributed by atoms with Crippen LogP contribution in [0.15, 0.2) is 43.0 Å². The van der Waals surface area contributed by atoms with Crippen LogP contribution in [-0.4, -0.2) is 30.0 Å². The average Bonchev–Trinajstić information content (AvgIpc) is 3.11. The number of nitrogens with zero attached hydrogens (tertiary/aromatic N) is 6. The summed E-state index contributed by atoms with van der Waals surface area (Å²) in [6, 6.07) is 3.42. The van der Waals surface area contributed by atoms with Gasteiger partial charge in [0.05, 0.1) is 25.1 Å². The summed E-state index contributed by atoms with van der Waals surface area (Å²) < 4.78 is 30.0. The van der Waals surface area contributed by atoms with Crippen LogP contribution in [0.1, 0.15) is 5.56 Å². The van der Waals surface area contributed by atoms with E-state index in [9.17, 15) is 8.78 Å². The molecule has 0 unspecified atom stereocenters. The average molecular weight is 288 g/mol. The van der Waals surface area contributed by atoms with Gasteiger partial charge in [-0.3, -0.25) is 0 Å². The van der Waals surface area contributed by atoms with E-state index in [1.165, 1.54) is 33.9 Å². The molecule has 2 heterocycles. The molecule has 1 aromatic carbocycles. The Hall–Kier alpha value is -2.90. The minimum Gasteiger partial charge on any atom is -0.248 e. The first-order chi connectivity index (χ1) is 10.2. The minimum atomic E-state index is -0.651. The summed E-state index contributed by atoms with van der Waals surface area (Å²) in [6.07, 6.45) is 7.89. The van der Waals surface area contributed by atoms with Crippen LogP contribution in [0.5, 0.6) is 0 Å². The van der Waals surface area contributed by atoms with Crippen LogP contribution in [0, 0.1) is 11.6 Å². The highest BCUT2D eigenvalue weighted by molar-refractivity contribution is 5.75. The molecular weight excluding hydrogens is 278 g/mol. The van der Waals surface area contributed by atoms with Crippen molar-refractivity contribution in [3.05, 3.63) is 60.2 Å². The molecule has 0 amide bonds. The lowest BCUT2D eigenvalue weighted by Crippen LogP contribution is -2.05. The van der Waals surface area contributed by atoms with Gasteiger partial charge in [0.1, 0.15) is 11.6 Å². The fourth-order valence-electron chi connectivity index (χ4n) is 1.88. The highest BCUT2D eigenvalue weighted by Crippen LogP contribution is 2.21. The third kappa shape index (κ3) is 2.99. The molecule has 0 bridgehead atoms. The molecular formula is C13H10F2N6. The molecule has 0 spiro atoms. The fraction of sp³-hybridized carbons (Fsp3) is 0.0769. The van der Waals surface area contributed by atoms with E-state index in [0.29, 0.717) is 5.57 Å². The Balaban J connectivity index is 2.03. The van der Waals surface area contributed by atoms with Gasteiger partial charge in [-0.25, -0.2) is 18.1 Å². The van der Waals surface area contributed by atoms with E-state index in [4.69, 9.17) is 0 Å². The van der Waals surface area contributed by atoms with Crippen LogP contribution in [0.25, 0.3) is 11.8 Å². The summed E-state index contributed by atoms with van der Waals surface area (Å²) in [7, 11) is 0. The van der Waals surface area contributed by atoms with Crippen molar-refractivity contribution in [1.29, 1.82) is 0 Å². The topological polar surface area (TPSA) is 61.4 Å².